The maximum Gasteiger partial charge on any atom is 0.128 e. The topological polar surface area (TPSA) is 12.0 Å². The van der Waals surface area contributed by atoms with Gasteiger partial charge in [0, 0.05) is 15.7 Å². The molecule has 0 bridgehead atoms. The van der Waals surface area contributed by atoms with Gasteiger partial charge < -0.3 is 5.32 Å². The summed E-state index contributed by atoms with van der Waals surface area (Å²) in [5.74, 6) is -0.600. The van der Waals surface area contributed by atoms with Gasteiger partial charge in [0.2, 0.25) is 0 Å². The molecular formula is C14H12BrF2N. The summed E-state index contributed by atoms with van der Waals surface area (Å²) in [4.78, 5) is 0. The summed E-state index contributed by atoms with van der Waals surface area (Å²) in [5, 5.41) is 3.07. The van der Waals surface area contributed by atoms with Gasteiger partial charge in [0.15, 0.2) is 0 Å². The predicted octanol–water partition coefficient (Wildman–Crippen LogP) is 4.90. The van der Waals surface area contributed by atoms with Gasteiger partial charge in [-0.25, -0.2) is 8.78 Å². The van der Waals surface area contributed by atoms with Crippen LogP contribution in [0, 0.1) is 11.6 Å². The van der Waals surface area contributed by atoms with E-state index < -0.39 is 0 Å². The van der Waals surface area contributed by atoms with Crippen molar-refractivity contribution in [3.05, 3.63) is 64.1 Å². The summed E-state index contributed by atoms with van der Waals surface area (Å²) in [6, 6.07) is 10.6. The number of nitrogens with one attached hydrogen (secondary N) is 1. The minimum Gasteiger partial charge on any atom is -0.378 e. The highest BCUT2D eigenvalue weighted by molar-refractivity contribution is 9.10. The van der Waals surface area contributed by atoms with Crippen LogP contribution in [-0.2, 0) is 0 Å². The zero-order chi connectivity index (χ0) is 13.1. The van der Waals surface area contributed by atoms with Crippen molar-refractivity contribution < 1.29 is 8.78 Å². The molecule has 1 nitrogen and oxygen atoms in total. The maximum atomic E-state index is 13.7. The third kappa shape index (κ3) is 3.07. The first-order valence-electron chi connectivity index (χ1n) is 5.53. The van der Waals surface area contributed by atoms with Crippen LogP contribution in [0.2, 0.25) is 0 Å². The Bertz CT molecular complexity index is 557. The quantitative estimate of drug-likeness (QED) is 0.850. The molecule has 94 valence electrons. The van der Waals surface area contributed by atoms with Gasteiger partial charge in [-0.3, -0.25) is 0 Å². The van der Waals surface area contributed by atoms with Crippen LogP contribution in [0.25, 0.3) is 0 Å². The van der Waals surface area contributed by atoms with Gasteiger partial charge in [0.25, 0.3) is 0 Å². The van der Waals surface area contributed by atoms with Gasteiger partial charge >= 0.3 is 0 Å². The van der Waals surface area contributed by atoms with Gasteiger partial charge in [0.05, 0.1) is 6.04 Å². The first kappa shape index (κ1) is 13.0. The second-order valence-electron chi connectivity index (χ2n) is 4.04. The van der Waals surface area contributed by atoms with Crippen molar-refractivity contribution in [2.24, 2.45) is 0 Å². The molecule has 0 fully saturated rings. The number of hydrogen-bond donors (Lipinski definition) is 1. The highest BCUT2D eigenvalue weighted by atomic mass is 79.9. The van der Waals surface area contributed by atoms with E-state index in [4.69, 9.17) is 0 Å². The molecule has 1 N–H and O–H groups in total. The number of anilines is 1. The van der Waals surface area contributed by atoms with Gasteiger partial charge in [-0.2, -0.15) is 0 Å². The Hall–Kier alpha value is -1.42. The van der Waals surface area contributed by atoms with Gasteiger partial charge in [-0.15, -0.1) is 0 Å². The van der Waals surface area contributed by atoms with Gasteiger partial charge in [0.1, 0.15) is 11.6 Å². The Morgan fingerprint density at radius 2 is 1.89 bits per heavy atom. The first-order valence-corrected chi connectivity index (χ1v) is 6.32. The Morgan fingerprint density at radius 1 is 1.11 bits per heavy atom. The van der Waals surface area contributed by atoms with Crippen molar-refractivity contribution in [2.45, 2.75) is 13.0 Å². The van der Waals surface area contributed by atoms with Crippen molar-refractivity contribution in [1.82, 2.24) is 0 Å². The molecule has 2 aromatic rings. The van der Waals surface area contributed by atoms with E-state index in [0.29, 0.717) is 11.3 Å². The lowest BCUT2D eigenvalue weighted by Gasteiger charge is -2.16. The molecule has 0 amide bonds. The Labute approximate surface area is 113 Å². The molecule has 0 aliphatic carbocycles. The minimum absolute atomic E-state index is 0.246. The third-order valence-corrected chi connectivity index (χ3v) is 3.13. The SMILES string of the molecule is CC(Nc1cccc(F)c1)c1cc(Br)ccc1F. The van der Waals surface area contributed by atoms with E-state index >= 15 is 0 Å². The van der Waals surface area contributed by atoms with Crippen LogP contribution in [0.4, 0.5) is 14.5 Å². The molecule has 0 saturated carbocycles. The van der Waals surface area contributed by atoms with Gasteiger partial charge in [-0.1, -0.05) is 22.0 Å². The molecule has 2 aromatic carbocycles. The fourth-order valence-corrected chi connectivity index (χ4v) is 2.13. The molecule has 0 radical (unpaired) electrons. The van der Waals surface area contributed by atoms with Crippen molar-refractivity contribution in [3.63, 3.8) is 0 Å². The zero-order valence-electron chi connectivity index (χ0n) is 9.75. The molecule has 2 rings (SSSR count). The van der Waals surface area contributed by atoms with E-state index in [-0.39, 0.29) is 17.7 Å². The van der Waals surface area contributed by atoms with Crippen LogP contribution < -0.4 is 5.32 Å². The van der Waals surface area contributed by atoms with Crippen LogP contribution in [0.15, 0.2) is 46.9 Å². The molecule has 0 aliphatic rings. The number of halogens is 3. The van der Waals surface area contributed by atoms with E-state index in [9.17, 15) is 8.78 Å². The fraction of sp³-hybridized carbons (Fsp3) is 0.143. The van der Waals surface area contributed by atoms with E-state index in [1.807, 2.05) is 6.92 Å². The van der Waals surface area contributed by atoms with Crippen molar-refractivity contribution in [1.29, 1.82) is 0 Å². The monoisotopic (exact) mass is 311 g/mol. The summed E-state index contributed by atoms with van der Waals surface area (Å²) < 4.78 is 27.5. The summed E-state index contributed by atoms with van der Waals surface area (Å²) in [5.41, 5.74) is 1.16. The van der Waals surface area contributed by atoms with Crippen LogP contribution >= 0.6 is 15.9 Å². The summed E-state index contributed by atoms with van der Waals surface area (Å²) >= 11 is 3.31. The second kappa shape index (κ2) is 5.48. The molecule has 4 heteroatoms. The lowest BCUT2D eigenvalue weighted by molar-refractivity contribution is 0.599. The average molecular weight is 312 g/mol. The van der Waals surface area contributed by atoms with E-state index in [1.165, 1.54) is 18.2 Å². The van der Waals surface area contributed by atoms with Gasteiger partial charge in [-0.05, 0) is 43.3 Å². The Morgan fingerprint density at radius 3 is 2.61 bits per heavy atom. The van der Waals surface area contributed by atoms with E-state index in [1.54, 1.807) is 24.3 Å². The molecule has 0 aromatic heterocycles. The largest absolute Gasteiger partial charge is 0.378 e. The molecule has 0 heterocycles. The van der Waals surface area contributed by atoms with E-state index in [2.05, 4.69) is 21.2 Å². The summed E-state index contributed by atoms with van der Waals surface area (Å²) in [7, 11) is 0. The second-order valence-corrected chi connectivity index (χ2v) is 4.96. The molecule has 0 aliphatic heterocycles. The van der Waals surface area contributed by atoms with Crippen LogP contribution in [0.5, 0.6) is 0 Å². The minimum atomic E-state index is -0.318. The van der Waals surface area contributed by atoms with Crippen LogP contribution in [0.1, 0.15) is 18.5 Å². The summed E-state index contributed by atoms with van der Waals surface area (Å²) in [6.45, 7) is 1.83. The smallest absolute Gasteiger partial charge is 0.128 e. The number of benzene rings is 2. The number of hydrogen-bond acceptors (Lipinski definition) is 1. The molecule has 0 saturated heterocycles. The normalized spacial score (nSPS) is 12.2. The lowest BCUT2D eigenvalue weighted by Crippen LogP contribution is -2.08. The third-order valence-electron chi connectivity index (χ3n) is 2.63. The maximum absolute atomic E-state index is 13.7. The molecule has 0 spiro atoms. The average Bonchev–Trinajstić information content (AvgIpc) is 2.32. The predicted molar refractivity (Wildman–Crippen MR) is 72.5 cm³/mol. The van der Waals surface area contributed by atoms with Crippen molar-refractivity contribution >= 4 is 21.6 Å². The Kier molecular flexibility index (Phi) is 3.97. The van der Waals surface area contributed by atoms with E-state index in [0.717, 1.165) is 4.47 Å². The zero-order valence-corrected chi connectivity index (χ0v) is 11.3. The first-order chi connectivity index (χ1) is 8.56. The molecule has 1 atom stereocenters. The molecule has 18 heavy (non-hydrogen) atoms. The standard InChI is InChI=1S/C14H12BrF2N/c1-9(13-7-10(15)5-6-14(13)17)18-12-4-2-3-11(16)8-12/h2-9,18H,1H3. The molecular weight excluding hydrogens is 300 g/mol. The fourth-order valence-electron chi connectivity index (χ4n) is 1.75. The van der Waals surface area contributed by atoms with Crippen molar-refractivity contribution in [2.75, 3.05) is 5.32 Å². The Balaban J connectivity index is 2.21. The number of rotatable bonds is 3. The lowest BCUT2D eigenvalue weighted by atomic mass is 10.1. The highest BCUT2D eigenvalue weighted by Gasteiger charge is 2.11. The highest BCUT2D eigenvalue weighted by Crippen LogP contribution is 2.24. The molecule has 1 unspecified atom stereocenters. The van der Waals surface area contributed by atoms with Crippen LogP contribution in [0.3, 0.4) is 0 Å². The summed E-state index contributed by atoms with van der Waals surface area (Å²) in [6.07, 6.45) is 0. The van der Waals surface area contributed by atoms with Crippen molar-refractivity contribution in [3.8, 4) is 0 Å². The van der Waals surface area contributed by atoms with Crippen LogP contribution in [-0.4, -0.2) is 0 Å².